The second-order valence-corrected chi connectivity index (χ2v) is 3.12. The highest BCUT2D eigenvalue weighted by molar-refractivity contribution is 5.79. The first kappa shape index (κ1) is 9.52. The molecular formula is C9H17NO2. The van der Waals surface area contributed by atoms with Crippen molar-refractivity contribution in [2.24, 2.45) is 5.92 Å². The largest absolute Gasteiger partial charge is 0.382 e. The first-order valence-corrected chi connectivity index (χ1v) is 4.70. The number of carbonyl (C=O) groups is 1. The maximum absolute atomic E-state index is 11.2. The van der Waals surface area contributed by atoms with Crippen LogP contribution >= 0.6 is 0 Å². The highest BCUT2D eigenvalue weighted by Crippen LogP contribution is 2.14. The van der Waals surface area contributed by atoms with Gasteiger partial charge in [-0.15, -0.1) is 0 Å². The number of carbonyl (C=O) groups excluding carboxylic acids is 1. The maximum atomic E-state index is 11.2. The Labute approximate surface area is 73.5 Å². The van der Waals surface area contributed by atoms with Crippen LogP contribution in [0, 0.1) is 5.92 Å². The smallest absolute Gasteiger partial charge is 0.223 e. The summed E-state index contributed by atoms with van der Waals surface area (Å²) < 4.78 is 5.20. The lowest BCUT2D eigenvalue weighted by Gasteiger charge is -2.21. The molecule has 1 N–H and O–H groups in total. The Morgan fingerprint density at radius 2 is 2.50 bits per heavy atom. The number of piperidine rings is 1. The number of nitrogens with one attached hydrogen (secondary N) is 1. The highest BCUT2D eigenvalue weighted by atomic mass is 16.5. The molecule has 1 aliphatic rings. The standard InChI is InChI=1S/C9H17NO2/c1-2-12-7-5-8-4-3-6-10-9(8)11/h8H,2-7H2,1H3,(H,10,11). The van der Waals surface area contributed by atoms with E-state index in [1.54, 1.807) is 0 Å². The Morgan fingerprint density at radius 1 is 1.67 bits per heavy atom. The van der Waals surface area contributed by atoms with Crippen LogP contribution in [0.5, 0.6) is 0 Å². The lowest BCUT2D eigenvalue weighted by atomic mass is 9.96. The summed E-state index contributed by atoms with van der Waals surface area (Å²) in [6, 6.07) is 0. The molecule has 1 aliphatic heterocycles. The van der Waals surface area contributed by atoms with Gasteiger partial charge in [0, 0.05) is 25.7 Å². The summed E-state index contributed by atoms with van der Waals surface area (Å²) in [7, 11) is 0. The molecule has 1 heterocycles. The number of amides is 1. The third-order valence-corrected chi connectivity index (χ3v) is 2.21. The van der Waals surface area contributed by atoms with Crippen LogP contribution in [0.3, 0.4) is 0 Å². The normalized spacial score (nSPS) is 23.8. The van der Waals surface area contributed by atoms with Crippen LogP contribution < -0.4 is 5.32 Å². The van der Waals surface area contributed by atoms with Crippen molar-refractivity contribution in [3.63, 3.8) is 0 Å². The van der Waals surface area contributed by atoms with Crippen LogP contribution in [-0.4, -0.2) is 25.7 Å². The Bertz CT molecular complexity index is 147. The molecule has 0 spiro atoms. The summed E-state index contributed by atoms with van der Waals surface area (Å²) in [5.41, 5.74) is 0. The van der Waals surface area contributed by atoms with Gasteiger partial charge in [-0.3, -0.25) is 4.79 Å². The van der Waals surface area contributed by atoms with E-state index in [4.69, 9.17) is 4.74 Å². The molecule has 0 bridgehead atoms. The van der Waals surface area contributed by atoms with Gasteiger partial charge < -0.3 is 10.1 Å². The molecule has 1 unspecified atom stereocenters. The van der Waals surface area contributed by atoms with Gasteiger partial charge >= 0.3 is 0 Å². The third kappa shape index (κ3) is 2.81. The van der Waals surface area contributed by atoms with Crippen LogP contribution in [-0.2, 0) is 9.53 Å². The van der Waals surface area contributed by atoms with E-state index >= 15 is 0 Å². The Balaban J connectivity index is 2.16. The van der Waals surface area contributed by atoms with Crippen molar-refractivity contribution in [2.45, 2.75) is 26.2 Å². The van der Waals surface area contributed by atoms with Crippen molar-refractivity contribution < 1.29 is 9.53 Å². The van der Waals surface area contributed by atoms with Gasteiger partial charge in [-0.1, -0.05) is 0 Å². The van der Waals surface area contributed by atoms with Crippen LogP contribution in [0.15, 0.2) is 0 Å². The minimum absolute atomic E-state index is 0.199. The van der Waals surface area contributed by atoms with E-state index in [-0.39, 0.29) is 11.8 Å². The Morgan fingerprint density at radius 3 is 3.17 bits per heavy atom. The first-order valence-electron chi connectivity index (χ1n) is 4.70. The van der Waals surface area contributed by atoms with Crippen molar-refractivity contribution in [2.75, 3.05) is 19.8 Å². The van der Waals surface area contributed by atoms with Gasteiger partial charge in [-0.2, -0.15) is 0 Å². The number of rotatable bonds is 4. The molecule has 0 aliphatic carbocycles. The number of hydrogen-bond donors (Lipinski definition) is 1. The fourth-order valence-corrected chi connectivity index (χ4v) is 1.48. The Hall–Kier alpha value is -0.570. The average molecular weight is 171 g/mol. The van der Waals surface area contributed by atoms with E-state index in [1.807, 2.05) is 6.92 Å². The van der Waals surface area contributed by atoms with E-state index in [0.717, 1.165) is 32.4 Å². The summed E-state index contributed by atoms with van der Waals surface area (Å²) in [5.74, 6) is 0.409. The molecule has 0 aromatic heterocycles. The number of ether oxygens (including phenoxy) is 1. The van der Waals surface area contributed by atoms with Crippen molar-refractivity contribution in [3.8, 4) is 0 Å². The first-order chi connectivity index (χ1) is 5.84. The van der Waals surface area contributed by atoms with Gasteiger partial charge in [-0.25, -0.2) is 0 Å². The fourth-order valence-electron chi connectivity index (χ4n) is 1.48. The molecule has 1 saturated heterocycles. The fraction of sp³-hybridized carbons (Fsp3) is 0.889. The quantitative estimate of drug-likeness (QED) is 0.639. The predicted molar refractivity (Wildman–Crippen MR) is 46.8 cm³/mol. The summed E-state index contributed by atoms with van der Waals surface area (Å²) in [4.78, 5) is 11.2. The van der Waals surface area contributed by atoms with Crippen LogP contribution in [0.1, 0.15) is 26.2 Å². The summed E-state index contributed by atoms with van der Waals surface area (Å²) in [5, 5.41) is 2.86. The average Bonchev–Trinajstić information content (AvgIpc) is 2.09. The SMILES string of the molecule is CCOCCC1CCCNC1=O. The molecular weight excluding hydrogens is 154 g/mol. The molecule has 0 radical (unpaired) electrons. The molecule has 70 valence electrons. The van der Waals surface area contributed by atoms with Crippen molar-refractivity contribution in [1.82, 2.24) is 5.32 Å². The Kier molecular flexibility index (Phi) is 4.08. The molecule has 0 aromatic rings. The van der Waals surface area contributed by atoms with Gasteiger partial charge in [0.2, 0.25) is 5.91 Å². The second-order valence-electron chi connectivity index (χ2n) is 3.12. The zero-order chi connectivity index (χ0) is 8.81. The van der Waals surface area contributed by atoms with E-state index in [0.29, 0.717) is 6.61 Å². The summed E-state index contributed by atoms with van der Waals surface area (Å²) in [6.45, 7) is 4.29. The topological polar surface area (TPSA) is 38.3 Å². The van der Waals surface area contributed by atoms with Crippen LogP contribution in [0.25, 0.3) is 0 Å². The van der Waals surface area contributed by atoms with Gasteiger partial charge in [-0.05, 0) is 26.2 Å². The summed E-state index contributed by atoms with van der Waals surface area (Å²) >= 11 is 0. The molecule has 12 heavy (non-hydrogen) atoms. The molecule has 1 fully saturated rings. The molecule has 3 nitrogen and oxygen atoms in total. The zero-order valence-electron chi connectivity index (χ0n) is 7.64. The highest BCUT2D eigenvalue weighted by Gasteiger charge is 2.20. The number of hydrogen-bond acceptors (Lipinski definition) is 2. The molecule has 1 atom stereocenters. The minimum Gasteiger partial charge on any atom is -0.382 e. The van der Waals surface area contributed by atoms with Gasteiger partial charge in [0.1, 0.15) is 0 Å². The minimum atomic E-state index is 0.199. The molecule has 1 amide bonds. The van der Waals surface area contributed by atoms with E-state index in [1.165, 1.54) is 0 Å². The zero-order valence-corrected chi connectivity index (χ0v) is 7.64. The van der Waals surface area contributed by atoms with Crippen LogP contribution in [0.2, 0.25) is 0 Å². The lowest BCUT2D eigenvalue weighted by molar-refractivity contribution is -0.127. The van der Waals surface area contributed by atoms with E-state index in [2.05, 4.69) is 5.32 Å². The second kappa shape index (κ2) is 5.14. The lowest BCUT2D eigenvalue weighted by Crippen LogP contribution is -2.36. The van der Waals surface area contributed by atoms with E-state index < -0.39 is 0 Å². The van der Waals surface area contributed by atoms with Crippen molar-refractivity contribution >= 4 is 5.91 Å². The molecule has 3 heteroatoms. The maximum Gasteiger partial charge on any atom is 0.223 e. The third-order valence-electron chi connectivity index (χ3n) is 2.21. The van der Waals surface area contributed by atoms with Crippen molar-refractivity contribution in [3.05, 3.63) is 0 Å². The van der Waals surface area contributed by atoms with Crippen LogP contribution in [0.4, 0.5) is 0 Å². The molecule has 0 saturated carbocycles. The monoisotopic (exact) mass is 171 g/mol. The van der Waals surface area contributed by atoms with Gasteiger partial charge in [0.05, 0.1) is 0 Å². The molecule has 0 aromatic carbocycles. The predicted octanol–water partition coefficient (Wildman–Crippen LogP) is 0.939. The van der Waals surface area contributed by atoms with E-state index in [9.17, 15) is 4.79 Å². The van der Waals surface area contributed by atoms with Gasteiger partial charge in [0.15, 0.2) is 0 Å². The van der Waals surface area contributed by atoms with Gasteiger partial charge in [0.25, 0.3) is 0 Å². The van der Waals surface area contributed by atoms with Crippen molar-refractivity contribution in [1.29, 1.82) is 0 Å². The summed E-state index contributed by atoms with van der Waals surface area (Å²) in [6.07, 6.45) is 3.01. The molecule has 1 rings (SSSR count).